The van der Waals surface area contributed by atoms with Crippen molar-refractivity contribution in [3.63, 3.8) is 0 Å². The second-order valence-electron chi connectivity index (χ2n) is 5.80. The number of nitrogens with one attached hydrogen (secondary N) is 2. The van der Waals surface area contributed by atoms with E-state index < -0.39 is 36.9 Å². The minimum absolute atomic E-state index is 0.0658. The van der Waals surface area contributed by atoms with Crippen LogP contribution in [-0.2, 0) is 4.79 Å². The molecule has 1 atom stereocenters. The Morgan fingerprint density at radius 3 is 2.52 bits per heavy atom. The second-order valence-corrected chi connectivity index (χ2v) is 5.80. The van der Waals surface area contributed by atoms with Crippen LogP contribution in [0.3, 0.4) is 0 Å². The van der Waals surface area contributed by atoms with Gasteiger partial charge in [-0.05, 0) is 35.9 Å². The molecule has 0 fully saturated rings. The standard InChI is InChI=1S/C19H19F3N2O5/c1-28-16-8-12(5-6-15(16)29-19(21)22)18(27)24-10-17(26)23-9-14(25)11-3-2-4-13(20)7-11/h2-8,14,19,25H,9-10H2,1H3,(H,23,26)(H,24,27). The van der Waals surface area contributed by atoms with E-state index in [9.17, 15) is 27.9 Å². The molecule has 0 bridgehead atoms. The first-order chi connectivity index (χ1) is 13.8. The summed E-state index contributed by atoms with van der Waals surface area (Å²) in [6.07, 6.45) is -1.11. The minimum Gasteiger partial charge on any atom is -0.493 e. The molecule has 0 spiro atoms. The average Bonchev–Trinajstić information content (AvgIpc) is 2.70. The molecule has 2 aromatic carbocycles. The molecule has 2 rings (SSSR count). The smallest absolute Gasteiger partial charge is 0.387 e. The normalized spacial score (nSPS) is 11.7. The van der Waals surface area contributed by atoms with E-state index in [4.69, 9.17) is 4.74 Å². The first kappa shape index (κ1) is 22.0. The van der Waals surface area contributed by atoms with Gasteiger partial charge in [0, 0.05) is 12.1 Å². The third-order valence-corrected chi connectivity index (χ3v) is 3.78. The summed E-state index contributed by atoms with van der Waals surface area (Å²) in [6, 6.07) is 8.90. The first-order valence-electron chi connectivity index (χ1n) is 8.41. The molecule has 2 amide bonds. The first-order valence-corrected chi connectivity index (χ1v) is 8.41. The van der Waals surface area contributed by atoms with Crippen molar-refractivity contribution in [1.82, 2.24) is 10.6 Å². The lowest BCUT2D eigenvalue weighted by atomic mass is 10.1. The molecule has 0 heterocycles. The maximum absolute atomic E-state index is 13.1. The Bertz CT molecular complexity index is 863. The number of hydrogen-bond acceptors (Lipinski definition) is 5. The third-order valence-electron chi connectivity index (χ3n) is 3.78. The van der Waals surface area contributed by atoms with Gasteiger partial charge in [-0.3, -0.25) is 9.59 Å². The molecule has 0 aromatic heterocycles. The minimum atomic E-state index is -3.05. The van der Waals surface area contributed by atoms with Gasteiger partial charge in [-0.1, -0.05) is 12.1 Å². The zero-order valence-electron chi connectivity index (χ0n) is 15.3. The van der Waals surface area contributed by atoms with Crippen LogP contribution in [0.1, 0.15) is 22.0 Å². The maximum atomic E-state index is 13.1. The highest BCUT2D eigenvalue weighted by molar-refractivity contribution is 5.97. The number of halogens is 3. The Morgan fingerprint density at radius 1 is 1.10 bits per heavy atom. The highest BCUT2D eigenvalue weighted by Gasteiger charge is 2.15. The molecule has 0 aliphatic heterocycles. The predicted octanol–water partition coefficient (Wildman–Crippen LogP) is 2.02. The van der Waals surface area contributed by atoms with Gasteiger partial charge >= 0.3 is 6.61 Å². The zero-order valence-corrected chi connectivity index (χ0v) is 15.3. The Morgan fingerprint density at radius 2 is 1.86 bits per heavy atom. The van der Waals surface area contributed by atoms with Crippen molar-refractivity contribution in [2.24, 2.45) is 0 Å². The van der Waals surface area contributed by atoms with Gasteiger partial charge in [0.25, 0.3) is 5.91 Å². The molecular weight excluding hydrogens is 393 g/mol. The van der Waals surface area contributed by atoms with Crippen LogP contribution in [0.4, 0.5) is 13.2 Å². The number of benzene rings is 2. The summed E-state index contributed by atoms with van der Waals surface area (Å²) in [5.74, 6) is -2.05. The SMILES string of the molecule is COc1cc(C(=O)NCC(=O)NCC(O)c2cccc(F)c2)ccc1OC(F)F. The van der Waals surface area contributed by atoms with Crippen molar-refractivity contribution in [3.05, 3.63) is 59.4 Å². The summed E-state index contributed by atoms with van der Waals surface area (Å²) >= 11 is 0. The Kier molecular flexibility index (Phi) is 7.84. The number of ether oxygens (including phenoxy) is 2. The number of carbonyl (C=O) groups is 2. The number of methoxy groups -OCH3 is 1. The fourth-order valence-electron chi connectivity index (χ4n) is 2.37. The Hall–Kier alpha value is -3.27. The molecule has 0 saturated heterocycles. The number of amides is 2. The van der Waals surface area contributed by atoms with Crippen molar-refractivity contribution < 1.29 is 37.3 Å². The lowest BCUT2D eigenvalue weighted by Crippen LogP contribution is -2.38. The molecule has 0 aliphatic rings. The molecule has 156 valence electrons. The van der Waals surface area contributed by atoms with Crippen LogP contribution < -0.4 is 20.1 Å². The van der Waals surface area contributed by atoms with E-state index in [-0.39, 0.29) is 23.6 Å². The summed E-state index contributed by atoms with van der Waals surface area (Å²) in [7, 11) is 1.23. The number of carbonyl (C=O) groups excluding carboxylic acids is 2. The molecule has 3 N–H and O–H groups in total. The van der Waals surface area contributed by atoms with Crippen molar-refractivity contribution in [3.8, 4) is 11.5 Å². The van der Waals surface area contributed by atoms with E-state index in [1.807, 2.05) is 0 Å². The van der Waals surface area contributed by atoms with Crippen LogP contribution in [0.25, 0.3) is 0 Å². The maximum Gasteiger partial charge on any atom is 0.387 e. The quantitative estimate of drug-likeness (QED) is 0.586. The molecule has 29 heavy (non-hydrogen) atoms. The fourth-order valence-corrected chi connectivity index (χ4v) is 2.37. The lowest BCUT2D eigenvalue weighted by Gasteiger charge is -2.13. The Labute approximate surface area is 164 Å². The van der Waals surface area contributed by atoms with Crippen LogP contribution in [0, 0.1) is 5.82 Å². The fraction of sp³-hybridized carbons (Fsp3) is 0.263. The van der Waals surface area contributed by atoms with Crippen LogP contribution in [0.5, 0.6) is 11.5 Å². The number of hydrogen-bond donors (Lipinski definition) is 3. The Balaban J connectivity index is 1.85. The van der Waals surface area contributed by atoms with Crippen LogP contribution in [0.15, 0.2) is 42.5 Å². The highest BCUT2D eigenvalue weighted by atomic mass is 19.3. The van der Waals surface area contributed by atoms with E-state index >= 15 is 0 Å². The largest absolute Gasteiger partial charge is 0.493 e. The summed E-state index contributed by atoms with van der Waals surface area (Å²) in [5, 5.41) is 14.7. The van der Waals surface area contributed by atoms with Crippen molar-refractivity contribution >= 4 is 11.8 Å². The van der Waals surface area contributed by atoms with Gasteiger partial charge in [-0.25, -0.2) is 4.39 Å². The number of aliphatic hydroxyl groups is 1. The second kappa shape index (κ2) is 10.3. The molecule has 0 radical (unpaired) electrons. The molecule has 1 unspecified atom stereocenters. The van der Waals surface area contributed by atoms with Gasteiger partial charge in [0.05, 0.1) is 19.8 Å². The summed E-state index contributed by atoms with van der Waals surface area (Å²) in [4.78, 5) is 24.0. The van der Waals surface area contributed by atoms with E-state index in [1.54, 1.807) is 0 Å². The topological polar surface area (TPSA) is 96.9 Å². The van der Waals surface area contributed by atoms with Gasteiger partial charge < -0.3 is 25.2 Å². The summed E-state index contributed by atoms with van der Waals surface area (Å²) in [6.45, 7) is -3.62. The monoisotopic (exact) mass is 412 g/mol. The van der Waals surface area contributed by atoms with Crippen LogP contribution in [-0.4, -0.2) is 43.7 Å². The summed E-state index contributed by atoms with van der Waals surface area (Å²) < 4.78 is 47.0. The molecule has 2 aromatic rings. The van der Waals surface area contributed by atoms with Gasteiger partial charge in [-0.15, -0.1) is 0 Å². The zero-order chi connectivity index (χ0) is 21.4. The van der Waals surface area contributed by atoms with Crippen molar-refractivity contribution in [2.75, 3.05) is 20.2 Å². The number of alkyl halides is 2. The van der Waals surface area contributed by atoms with Gasteiger partial charge in [-0.2, -0.15) is 8.78 Å². The van der Waals surface area contributed by atoms with Crippen molar-refractivity contribution in [1.29, 1.82) is 0 Å². The third kappa shape index (κ3) is 6.68. The molecule has 0 saturated carbocycles. The molecular formula is C19H19F3N2O5. The van der Waals surface area contributed by atoms with E-state index in [0.29, 0.717) is 5.56 Å². The van der Waals surface area contributed by atoms with Crippen LogP contribution >= 0.6 is 0 Å². The summed E-state index contributed by atoms with van der Waals surface area (Å²) in [5.41, 5.74) is 0.364. The average molecular weight is 412 g/mol. The van der Waals surface area contributed by atoms with Crippen LogP contribution in [0.2, 0.25) is 0 Å². The lowest BCUT2D eigenvalue weighted by molar-refractivity contribution is -0.120. The number of aliphatic hydroxyl groups excluding tert-OH is 1. The molecule has 0 aliphatic carbocycles. The van der Waals surface area contributed by atoms with Gasteiger partial charge in [0.2, 0.25) is 5.91 Å². The van der Waals surface area contributed by atoms with E-state index in [1.165, 1.54) is 37.4 Å². The molecule has 7 nitrogen and oxygen atoms in total. The van der Waals surface area contributed by atoms with Gasteiger partial charge in [0.1, 0.15) is 5.82 Å². The van der Waals surface area contributed by atoms with Crippen molar-refractivity contribution in [2.45, 2.75) is 12.7 Å². The highest BCUT2D eigenvalue weighted by Crippen LogP contribution is 2.29. The predicted molar refractivity (Wildman–Crippen MR) is 96.3 cm³/mol. The molecule has 10 heteroatoms. The number of rotatable bonds is 9. The van der Waals surface area contributed by atoms with E-state index in [0.717, 1.165) is 12.1 Å². The van der Waals surface area contributed by atoms with E-state index in [2.05, 4.69) is 15.4 Å². The van der Waals surface area contributed by atoms with Gasteiger partial charge in [0.15, 0.2) is 11.5 Å².